The molecule has 1 aromatic heterocycles. The molecule has 6 heteroatoms. The van der Waals surface area contributed by atoms with E-state index in [0.717, 1.165) is 52.6 Å². The minimum Gasteiger partial charge on any atom is -0.338 e. The summed E-state index contributed by atoms with van der Waals surface area (Å²) in [6.45, 7) is 3.58. The van der Waals surface area contributed by atoms with Crippen LogP contribution in [0.4, 0.5) is 0 Å². The van der Waals surface area contributed by atoms with Gasteiger partial charge in [-0.25, -0.2) is 0 Å². The summed E-state index contributed by atoms with van der Waals surface area (Å²) in [6, 6.07) is 8.07. The molecule has 0 spiro atoms. The number of aryl methyl sites for hydroxylation is 1. The Kier molecular flexibility index (Phi) is 4.87. The number of hydrogen-bond donors (Lipinski definition) is 1. The largest absolute Gasteiger partial charge is 0.338 e. The normalized spacial score (nSPS) is 25.6. The Balaban J connectivity index is 0.00000169. The van der Waals surface area contributed by atoms with Crippen molar-refractivity contribution in [3.05, 3.63) is 40.0 Å². The Morgan fingerprint density at radius 1 is 1.29 bits per heavy atom. The molecule has 2 heterocycles. The predicted molar refractivity (Wildman–Crippen MR) is 102 cm³/mol. The molecule has 1 saturated heterocycles. The lowest BCUT2D eigenvalue weighted by Gasteiger charge is -2.20. The maximum atomic E-state index is 13.1. The number of fused-ring (bicyclic) bond motifs is 2. The van der Waals surface area contributed by atoms with Crippen molar-refractivity contribution in [1.29, 1.82) is 0 Å². The molecule has 1 aliphatic carbocycles. The summed E-state index contributed by atoms with van der Waals surface area (Å²) in [4.78, 5) is 19.6. The van der Waals surface area contributed by atoms with E-state index in [4.69, 9.17) is 5.73 Å². The van der Waals surface area contributed by atoms with E-state index in [9.17, 15) is 4.79 Å². The summed E-state index contributed by atoms with van der Waals surface area (Å²) in [6.07, 6.45) is 2.25. The molecule has 1 aromatic carbocycles. The van der Waals surface area contributed by atoms with Crippen LogP contribution < -0.4 is 5.73 Å². The van der Waals surface area contributed by atoms with E-state index in [-0.39, 0.29) is 24.4 Å². The van der Waals surface area contributed by atoms with Gasteiger partial charge in [0.25, 0.3) is 5.91 Å². The van der Waals surface area contributed by atoms with Crippen LogP contribution >= 0.6 is 28.3 Å². The van der Waals surface area contributed by atoms with Gasteiger partial charge >= 0.3 is 0 Å². The first kappa shape index (κ1) is 17.6. The van der Waals surface area contributed by atoms with Crippen LogP contribution in [0, 0.1) is 18.8 Å². The van der Waals surface area contributed by atoms with Gasteiger partial charge in [-0.3, -0.25) is 9.78 Å². The van der Waals surface area contributed by atoms with Crippen LogP contribution in [0.2, 0.25) is 0 Å². The van der Waals surface area contributed by atoms with E-state index in [1.165, 1.54) is 0 Å². The average molecular weight is 411 g/mol. The molecule has 2 fully saturated rings. The molecule has 2 N–H and O–H groups in total. The number of aromatic nitrogens is 1. The number of benzene rings is 1. The van der Waals surface area contributed by atoms with E-state index in [1.54, 1.807) is 0 Å². The monoisotopic (exact) mass is 409 g/mol. The quantitative estimate of drug-likeness (QED) is 0.782. The highest BCUT2D eigenvalue weighted by molar-refractivity contribution is 9.10. The summed E-state index contributed by atoms with van der Waals surface area (Å²) < 4.78 is 0.975. The number of pyridine rings is 1. The maximum Gasteiger partial charge on any atom is 0.254 e. The molecule has 0 radical (unpaired) electrons. The summed E-state index contributed by atoms with van der Waals surface area (Å²) in [5, 5.41) is 0.921. The molecule has 1 aliphatic heterocycles. The number of halogens is 2. The van der Waals surface area contributed by atoms with E-state index < -0.39 is 0 Å². The third-order valence-corrected chi connectivity index (χ3v) is 5.82. The van der Waals surface area contributed by atoms with Crippen LogP contribution in [0.15, 0.2) is 28.7 Å². The van der Waals surface area contributed by atoms with Gasteiger partial charge in [0.15, 0.2) is 0 Å². The third-order valence-electron chi connectivity index (χ3n) is 5.33. The minimum atomic E-state index is 0. The number of rotatable bonds is 1. The van der Waals surface area contributed by atoms with Gasteiger partial charge in [0, 0.05) is 34.7 Å². The van der Waals surface area contributed by atoms with Gasteiger partial charge in [0.2, 0.25) is 0 Å². The van der Waals surface area contributed by atoms with Crippen molar-refractivity contribution in [1.82, 2.24) is 9.88 Å². The molecule has 4 nitrogen and oxygen atoms in total. The Hall–Kier alpha value is -1.17. The van der Waals surface area contributed by atoms with Crippen LogP contribution in [-0.2, 0) is 0 Å². The summed E-state index contributed by atoms with van der Waals surface area (Å²) in [5.74, 6) is 1.17. The zero-order chi connectivity index (χ0) is 16.1. The van der Waals surface area contributed by atoms with Gasteiger partial charge in [-0.05, 0) is 49.8 Å². The molecule has 128 valence electrons. The Labute approximate surface area is 156 Å². The zero-order valence-electron chi connectivity index (χ0n) is 13.5. The van der Waals surface area contributed by atoms with Gasteiger partial charge in [0.05, 0.1) is 11.1 Å². The fraction of sp³-hybridized carbons (Fsp3) is 0.444. The van der Waals surface area contributed by atoms with Crippen molar-refractivity contribution >= 4 is 45.1 Å². The number of carbonyl (C=O) groups excluding carboxylic acids is 1. The molecular formula is C18H21BrClN3O. The third kappa shape index (κ3) is 2.93. The van der Waals surface area contributed by atoms with E-state index in [0.29, 0.717) is 11.8 Å². The molecule has 2 aromatic rings. The van der Waals surface area contributed by atoms with Crippen LogP contribution in [0.25, 0.3) is 10.9 Å². The van der Waals surface area contributed by atoms with Crippen molar-refractivity contribution in [2.45, 2.75) is 25.8 Å². The molecule has 1 amide bonds. The molecule has 1 saturated carbocycles. The average Bonchev–Trinajstić information content (AvgIpc) is 3.08. The van der Waals surface area contributed by atoms with Gasteiger partial charge in [-0.1, -0.05) is 22.0 Å². The van der Waals surface area contributed by atoms with E-state index in [2.05, 4.69) is 20.9 Å². The number of nitrogens with zero attached hydrogens (tertiary/aromatic N) is 2. The van der Waals surface area contributed by atoms with Crippen molar-refractivity contribution in [3.8, 4) is 0 Å². The van der Waals surface area contributed by atoms with Gasteiger partial charge in [0.1, 0.15) is 0 Å². The highest BCUT2D eigenvalue weighted by atomic mass is 79.9. The number of likely N-dealkylation sites (tertiary alicyclic amines) is 1. The van der Waals surface area contributed by atoms with Crippen molar-refractivity contribution in [3.63, 3.8) is 0 Å². The van der Waals surface area contributed by atoms with Crippen molar-refractivity contribution in [2.75, 3.05) is 13.1 Å². The summed E-state index contributed by atoms with van der Waals surface area (Å²) in [7, 11) is 0. The van der Waals surface area contributed by atoms with Gasteiger partial charge < -0.3 is 10.6 Å². The zero-order valence-corrected chi connectivity index (χ0v) is 15.9. The molecule has 3 unspecified atom stereocenters. The molecule has 4 rings (SSSR count). The molecular weight excluding hydrogens is 390 g/mol. The maximum absolute atomic E-state index is 13.1. The second kappa shape index (κ2) is 6.62. The topological polar surface area (TPSA) is 59.2 Å². The van der Waals surface area contributed by atoms with E-state index in [1.807, 2.05) is 36.1 Å². The van der Waals surface area contributed by atoms with Crippen molar-refractivity contribution < 1.29 is 4.79 Å². The predicted octanol–water partition coefficient (Wildman–Crippen LogP) is 3.54. The second-order valence-corrected chi connectivity index (χ2v) is 7.76. The number of carbonyl (C=O) groups is 1. The first-order valence-electron chi connectivity index (χ1n) is 8.14. The Morgan fingerprint density at radius 3 is 2.83 bits per heavy atom. The van der Waals surface area contributed by atoms with Crippen LogP contribution in [0.5, 0.6) is 0 Å². The smallest absolute Gasteiger partial charge is 0.254 e. The molecule has 24 heavy (non-hydrogen) atoms. The van der Waals surface area contributed by atoms with Crippen molar-refractivity contribution in [2.24, 2.45) is 17.6 Å². The number of nitrogens with two attached hydrogens (primary N) is 1. The van der Waals surface area contributed by atoms with E-state index >= 15 is 0 Å². The lowest BCUT2D eigenvalue weighted by atomic mass is 9.98. The SMILES string of the molecule is Cc1cc(C(=O)N2CC3CCC(N)C3C2)c2ccc(Br)cc2n1.Cl. The minimum absolute atomic E-state index is 0. The summed E-state index contributed by atoms with van der Waals surface area (Å²) in [5.41, 5.74) is 8.69. The van der Waals surface area contributed by atoms with Crippen LogP contribution in [0.1, 0.15) is 28.9 Å². The first-order chi connectivity index (χ1) is 11.0. The van der Waals surface area contributed by atoms with Crippen LogP contribution in [-0.4, -0.2) is 34.9 Å². The highest BCUT2D eigenvalue weighted by Gasteiger charge is 2.42. The molecule has 0 bridgehead atoms. The van der Waals surface area contributed by atoms with Crippen LogP contribution in [0.3, 0.4) is 0 Å². The summed E-state index contributed by atoms with van der Waals surface area (Å²) >= 11 is 3.47. The standard InChI is InChI=1S/C18H20BrN3O.ClH/c1-10-6-14(13-4-3-12(19)7-17(13)21-10)18(23)22-8-11-2-5-16(20)15(11)9-22;/h3-4,6-7,11,15-16H,2,5,8-9,20H2,1H3;1H. The second-order valence-electron chi connectivity index (χ2n) is 6.85. The lowest BCUT2D eigenvalue weighted by molar-refractivity contribution is 0.0781. The number of hydrogen-bond acceptors (Lipinski definition) is 3. The lowest BCUT2D eigenvalue weighted by Crippen LogP contribution is -2.33. The van der Waals surface area contributed by atoms with Gasteiger partial charge in [-0.15, -0.1) is 12.4 Å². The number of amides is 1. The molecule has 2 aliphatic rings. The Bertz CT molecular complexity index is 792. The Morgan fingerprint density at radius 2 is 2.08 bits per heavy atom. The first-order valence-corrected chi connectivity index (χ1v) is 8.94. The fourth-order valence-corrected chi connectivity index (χ4v) is 4.50. The fourth-order valence-electron chi connectivity index (χ4n) is 4.15. The van der Waals surface area contributed by atoms with Gasteiger partial charge in [-0.2, -0.15) is 0 Å². The highest BCUT2D eigenvalue weighted by Crippen LogP contribution is 2.38. The molecule has 3 atom stereocenters.